The van der Waals surface area contributed by atoms with Crippen LogP contribution < -0.4 is 15.4 Å². The Morgan fingerprint density at radius 3 is 2.28 bits per heavy atom. The van der Waals surface area contributed by atoms with Gasteiger partial charge in [-0.15, -0.1) is 17.0 Å². The first-order chi connectivity index (χ1) is 13.5. The maximum Gasteiger partial charge on any atom is 0.319 e. The number of ether oxygens (including phenoxy) is 1. The molecule has 0 saturated carbocycles. The lowest BCUT2D eigenvalue weighted by molar-refractivity contribution is 0.144. The highest BCUT2D eigenvalue weighted by molar-refractivity contribution is 8.93. The van der Waals surface area contributed by atoms with Crippen molar-refractivity contribution in [2.24, 2.45) is 17.6 Å². The van der Waals surface area contributed by atoms with Crippen LogP contribution in [0.4, 0.5) is 10.5 Å². The molecular weight excluding hydrogens is 430 g/mol. The number of hydrogen-bond acceptors (Lipinski definition) is 3. The third kappa shape index (κ3) is 7.05. The molecule has 0 spiro atoms. The quantitative estimate of drug-likeness (QED) is 0.649. The number of likely N-dealkylation sites (tertiary alicyclic amines) is 1. The van der Waals surface area contributed by atoms with Gasteiger partial charge in [-0.25, -0.2) is 4.79 Å². The average Bonchev–Trinajstić information content (AvgIpc) is 2.67. The summed E-state index contributed by atoms with van der Waals surface area (Å²) in [5.41, 5.74) is 7.57. The van der Waals surface area contributed by atoms with Gasteiger partial charge in [0, 0.05) is 31.9 Å². The fourth-order valence-corrected chi connectivity index (χ4v) is 4.05. The van der Waals surface area contributed by atoms with Gasteiger partial charge in [-0.1, -0.05) is 44.2 Å². The fraction of sp³-hybridized carbons (Fsp3) is 0.435. The van der Waals surface area contributed by atoms with Crippen molar-refractivity contribution in [1.29, 1.82) is 0 Å². The smallest absolute Gasteiger partial charge is 0.319 e. The molecule has 2 atom stereocenters. The first kappa shape index (κ1) is 23.2. The zero-order valence-corrected chi connectivity index (χ0v) is 19.0. The van der Waals surface area contributed by atoms with E-state index in [0.717, 1.165) is 36.6 Å². The zero-order chi connectivity index (χ0) is 19.9. The highest BCUT2D eigenvalue weighted by atomic mass is 79.9. The van der Waals surface area contributed by atoms with Gasteiger partial charge in [0.05, 0.1) is 0 Å². The van der Waals surface area contributed by atoms with Gasteiger partial charge >= 0.3 is 6.03 Å². The van der Waals surface area contributed by atoms with E-state index < -0.39 is 6.03 Å². The summed E-state index contributed by atoms with van der Waals surface area (Å²) in [6.07, 6.45) is 1.28. The predicted octanol–water partition coefficient (Wildman–Crippen LogP) is 4.71. The van der Waals surface area contributed by atoms with Crippen LogP contribution in [-0.2, 0) is 6.61 Å². The number of benzene rings is 2. The van der Waals surface area contributed by atoms with E-state index in [1.807, 2.05) is 54.6 Å². The summed E-state index contributed by atoms with van der Waals surface area (Å²) < 4.78 is 5.82. The number of piperidine rings is 1. The Labute approximate surface area is 184 Å². The van der Waals surface area contributed by atoms with E-state index in [0.29, 0.717) is 25.0 Å². The SMILES string of the molecule is Br.CC1CC(C)CN(CCN(C(N)=O)c2ccc(OCc3ccccc3)cc2)C1. The summed E-state index contributed by atoms with van der Waals surface area (Å²) in [5, 5.41) is 0. The van der Waals surface area contributed by atoms with Crippen molar-refractivity contribution in [3.05, 3.63) is 60.2 Å². The number of carbonyl (C=O) groups is 1. The van der Waals surface area contributed by atoms with E-state index in [1.165, 1.54) is 6.42 Å². The van der Waals surface area contributed by atoms with Crippen LogP contribution in [0, 0.1) is 11.8 Å². The molecule has 2 N–H and O–H groups in total. The first-order valence-corrected chi connectivity index (χ1v) is 10.1. The molecular formula is C23H32BrN3O2. The van der Waals surface area contributed by atoms with Gasteiger partial charge in [-0.05, 0) is 48.1 Å². The second-order valence-corrected chi connectivity index (χ2v) is 7.96. The Morgan fingerprint density at radius 1 is 1.07 bits per heavy atom. The van der Waals surface area contributed by atoms with Crippen LogP contribution in [0.5, 0.6) is 5.75 Å². The van der Waals surface area contributed by atoms with Gasteiger partial charge in [0.25, 0.3) is 0 Å². The third-order valence-corrected chi connectivity index (χ3v) is 5.25. The average molecular weight is 462 g/mol. The first-order valence-electron chi connectivity index (χ1n) is 10.1. The number of amides is 2. The molecule has 0 bridgehead atoms. The summed E-state index contributed by atoms with van der Waals surface area (Å²) in [5.74, 6) is 2.18. The molecule has 2 aromatic rings. The van der Waals surface area contributed by atoms with E-state index in [9.17, 15) is 4.79 Å². The van der Waals surface area contributed by atoms with Crippen LogP contribution in [0.2, 0.25) is 0 Å². The van der Waals surface area contributed by atoms with Crippen molar-refractivity contribution in [2.75, 3.05) is 31.1 Å². The monoisotopic (exact) mass is 461 g/mol. The molecule has 158 valence electrons. The van der Waals surface area contributed by atoms with Gasteiger partial charge in [0.2, 0.25) is 0 Å². The van der Waals surface area contributed by atoms with Gasteiger partial charge < -0.3 is 15.4 Å². The number of anilines is 1. The van der Waals surface area contributed by atoms with Gasteiger partial charge in [0.1, 0.15) is 12.4 Å². The summed E-state index contributed by atoms with van der Waals surface area (Å²) in [4.78, 5) is 16.1. The number of urea groups is 1. The highest BCUT2D eigenvalue weighted by Gasteiger charge is 2.22. The third-order valence-electron chi connectivity index (χ3n) is 5.25. The maximum atomic E-state index is 12.0. The largest absolute Gasteiger partial charge is 0.489 e. The summed E-state index contributed by atoms with van der Waals surface area (Å²) in [6, 6.07) is 17.2. The van der Waals surface area contributed by atoms with Crippen LogP contribution in [0.25, 0.3) is 0 Å². The number of hydrogen-bond donors (Lipinski definition) is 1. The molecule has 2 unspecified atom stereocenters. The lowest BCUT2D eigenvalue weighted by Crippen LogP contribution is -2.45. The second kappa shape index (κ2) is 11.2. The van der Waals surface area contributed by atoms with E-state index in [1.54, 1.807) is 4.90 Å². The summed E-state index contributed by atoms with van der Waals surface area (Å²) in [7, 11) is 0. The molecule has 0 aromatic heterocycles. The number of nitrogens with two attached hydrogens (primary N) is 1. The highest BCUT2D eigenvalue weighted by Crippen LogP contribution is 2.23. The Kier molecular flexibility index (Phi) is 8.99. The molecule has 5 nitrogen and oxygen atoms in total. The topological polar surface area (TPSA) is 58.8 Å². The number of carbonyl (C=O) groups excluding carboxylic acids is 1. The molecule has 0 aliphatic carbocycles. The van der Waals surface area contributed by atoms with Crippen molar-refractivity contribution in [3.8, 4) is 5.75 Å². The van der Waals surface area contributed by atoms with Gasteiger partial charge in [-0.2, -0.15) is 0 Å². The normalized spacial score (nSPS) is 19.2. The molecule has 1 saturated heterocycles. The lowest BCUT2D eigenvalue weighted by Gasteiger charge is -2.36. The number of rotatable bonds is 7. The minimum atomic E-state index is -0.420. The molecule has 2 amide bonds. The van der Waals surface area contributed by atoms with E-state index in [2.05, 4.69) is 18.7 Å². The second-order valence-electron chi connectivity index (χ2n) is 7.96. The van der Waals surface area contributed by atoms with Crippen molar-refractivity contribution >= 4 is 28.7 Å². The van der Waals surface area contributed by atoms with Crippen LogP contribution in [-0.4, -0.2) is 37.1 Å². The molecule has 29 heavy (non-hydrogen) atoms. The van der Waals surface area contributed by atoms with Gasteiger partial charge in [-0.3, -0.25) is 4.90 Å². The standard InChI is InChI=1S/C23H31N3O2.BrH/c1-18-14-19(2)16-25(15-18)12-13-26(23(24)27)21-8-10-22(11-9-21)28-17-20-6-4-3-5-7-20;/h3-11,18-19H,12-17H2,1-2H3,(H2,24,27);1H. The Morgan fingerprint density at radius 2 is 1.69 bits per heavy atom. The Bertz CT molecular complexity index is 744. The minimum absolute atomic E-state index is 0. The van der Waals surface area contributed by atoms with Crippen LogP contribution in [0.3, 0.4) is 0 Å². The molecule has 1 aliphatic rings. The van der Waals surface area contributed by atoms with Crippen molar-refractivity contribution in [3.63, 3.8) is 0 Å². The van der Waals surface area contributed by atoms with Crippen LogP contribution >= 0.6 is 17.0 Å². The van der Waals surface area contributed by atoms with E-state index >= 15 is 0 Å². The van der Waals surface area contributed by atoms with Gasteiger partial charge in [0.15, 0.2) is 0 Å². The molecule has 6 heteroatoms. The predicted molar refractivity (Wildman–Crippen MR) is 124 cm³/mol. The van der Waals surface area contributed by atoms with Crippen molar-refractivity contribution in [1.82, 2.24) is 4.90 Å². The fourth-order valence-electron chi connectivity index (χ4n) is 4.05. The minimum Gasteiger partial charge on any atom is -0.489 e. The van der Waals surface area contributed by atoms with Crippen LogP contribution in [0.1, 0.15) is 25.8 Å². The van der Waals surface area contributed by atoms with E-state index in [4.69, 9.17) is 10.5 Å². The summed E-state index contributed by atoms with van der Waals surface area (Å²) >= 11 is 0. The molecule has 2 aromatic carbocycles. The molecule has 1 aliphatic heterocycles. The Hall–Kier alpha value is -2.05. The van der Waals surface area contributed by atoms with Crippen molar-refractivity contribution in [2.45, 2.75) is 26.9 Å². The zero-order valence-electron chi connectivity index (χ0n) is 17.3. The lowest BCUT2D eigenvalue weighted by atomic mass is 9.92. The number of nitrogens with zero attached hydrogens (tertiary/aromatic N) is 2. The molecule has 3 rings (SSSR count). The van der Waals surface area contributed by atoms with Crippen molar-refractivity contribution < 1.29 is 9.53 Å². The summed E-state index contributed by atoms with van der Waals surface area (Å²) in [6.45, 7) is 8.71. The maximum absolute atomic E-state index is 12.0. The molecule has 0 radical (unpaired) electrons. The van der Waals surface area contributed by atoms with E-state index in [-0.39, 0.29) is 17.0 Å². The Balaban J connectivity index is 0.00000300. The molecule has 1 heterocycles. The molecule has 1 fully saturated rings. The van der Waals surface area contributed by atoms with Crippen LogP contribution in [0.15, 0.2) is 54.6 Å². The number of primary amides is 1. The number of halogens is 1.